The third kappa shape index (κ3) is 2.21. The van der Waals surface area contributed by atoms with Gasteiger partial charge in [0, 0.05) is 14.2 Å². The van der Waals surface area contributed by atoms with Gasteiger partial charge in [0.2, 0.25) is 5.79 Å². The molecule has 0 radical (unpaired) electrons. The Labute approximate surface area is 70.9 Å². The molecule has 0 spiro atoms. The van der Waals surface area contributed by atoms with E-state index in [-0.39, 0.29) is 6.04 Å². The van der Waals surface area contributed by atoms with E-state index in [2.05, 4.69) is 0 Å². The normalized spacial score (nSPS) is 15.2. The maximum atomic E-state index is 12.9. The summed E-state index contributed by atoms with van der Waals surface area (Å²) in [6.45, 7) is 1.58. The van der Waals surface area contributed by atoms with Gasteiger partial charge in [-0.15, -0.1) is 0 Å². The average Bonchev–Trinajstić information content (AvgIpc) is 2.08. The molecule has 0 aromatic heterocycles. The van der Waals surface area contributed by atoms with E-state index in [0.29, 0.717) is 0 Å². The standard InChI is InChI=1S/C6H13F3O2Si/c1-4-12(10-2,11-3)6(9)5(7)8/h5-6H,4H2,1-3H3. The van der Waals surface area contributed by atoms with Gasteiger partial charge in [0.05, 0.1) is 0 Å². The quantitative estimate of drug-likeness (QED) is 0.634. The van der Waals surface area contributed by atoms with Gasteiger partial charge in [-0.2, -0.15) is 0 Å². The molecular formula is C6H13F3O2Si. The Bertz CT molecular complexity index is 122. The van der Waals surface area contributed by atoms with Crippen LogP contribution in [0.15, 0.2) is 0 Å². The summed E-state index contributed by atoms with van der Waals surface area (Å²) in [5.41, 5.74) is 0. The monoisotopic (exact) mass is 202 g/mol. The lowest BCUT2D eigenvalue weighted by Gasteiger charge is -2.28. The third-order valence-electron chi connectivity index (χ3n) is 1.83. The van der Waals surface area contributed by atoms with E-state index in [4.69, 9.17) is 8.85 Å². The first kappa shape index (κ1) is 11.9. The molecule has 0 bridgehead atoms. The molecule has 74 valence electrons. The summed E-state index contributed by atoms with van der Waals surface area (Å²) in [5.74, 6) is -2.28. The van der Waals surface area contributed by atoms with Crippen molar-refractivity contribution in [3.05, 3.63) is 0 Å². The second-order valence-corrected chi connectivity index (χ2v) is 6.01. The molecule has 0 heterocycles. The van der Waals surface area contributed by atoms with Crippen molar-refractivity contribution in [2.45, 2.75) is 25.2 Å². The molecule has 6 heteroatoms. The molecule has 2 nitrogen and oxygen atoms in total. The van der Waals surface area contributed by atoms with Gasteiger partial charge >= 0.3 is 8.56 Å². The Morgan fingerprint density at radius 1 is 1.17 bits per heavy atom. The van der Waals surface area contributed by atoms with E-state index >= 15 is 0 Å². The lowest BCUT2D eigenvalue weighted by molar-refractivity contribution is 0.0546. The SMILES string of the molecule is CC[Si](OC)(OC)C(F)C(F)F. The lowest BCUT2D eigenvalue weighted by Crippen LogP contribution is -2.52. The molecule has 1 unspecified atom stereocenters. The molecule has 0 aromatic carbocycles. The molecule has 0 aliphatic rings. The van der Waals surface area contributed by atoms with E-state index in [1.165, 1.54) is 14.2 Å². The minimum absolute atomic E-state index is 0.172. The molecule has 0 aliphatic carbocycles. The summed E-state index contributed by atoms with van der Waals surface area (Å²) in [6.07, 6.45) is -3.03. The average molecular weight is 202 g/mol. The Kier molecular flexibility index (Phi) is 4.80. The number of rotatable bonds is 5. The number of hydrogen-bond donors (Lipinski definition) is 0. The summed E-state index contributed by atoms with van der Waals surface area (Å²) in [5, 5.41) is 0. The predicted molar refractivity (Wildman–Crippen MR) is 41.2 cm³/mol. The van der Waals surface area contributed by atoms with Gasteiger partial charge in [-0.05, 0) is 6.04 Å². The van der Waals surface area contributed by atoms with E-state index in [1.54, 1.807) is 6.92 Å². The van der Waals surface area contributed by atoms with Crippen LogP contribution >= 0.6 is 0 Å². The van der Waals surface area contributed by atoms with Gasteiger partial charge in [0.15, 0.2) is 0 Å². The second-order valence-electron chi connectivity index (χ2n) is 2.31. The molecule has 0 rings (SSSR count). The van der Waals surface area contributed by atoms with Gasteiger partial charge in [0.1, 0.15) is 0 Å². The first-order chi connectivity index (χ1) is 5.54. The molecule has 0 saturated carbocycles. The van der Waals surface area contributed by atoms with Gasteiger partial charge in [-0.25, -0.2) is 13.2 Å². The van der Waals surface area contributed by atoms with Crippen LogP contribution in [0.3, 0.4) is 0 Å². The fraction of sp³-hybridized carbons (Fsp3) is 1.00. The fourth-order valence-corrected chi connectivity index (χ4v) is 2.95. The zero-order chi connectivity index (χ0) is 9.78. The van der Waals surface area contributed by atoms with Crippen molar-refractivity contribution >= 4 is 8.56 Å². The summed E-state index contributed by atoms with van der Waals surface area (Å²) in [4.78, 5) is 0. The highest BCUT2D eigenvalue weighted by Crippen LogP contribution is 2.23. The van der Waals surface area contributed by atoms with Crippen molar-refractivity contribution in [2.75, 3.05) is 14.2 Å². The Morgan fingerprint density at radius 2 is 1.58 bits per heavy atom. The molecule has 0 saturated heterocycles. The number of halogens is 3. The third-order valence-corrected chi connectivity index (χ3v) is 5.29. The Hall–Kier alpha value is -0.0731. The first-order valence-corrected chi connectivity index (χ1v) is 5.66. The zero-order valence-electron chi connectivity index (χ0n) is 7.31. The minimum Gasteiger partial charge on any atom is -0.396 e. The van der Waals surface area contributed by atoms with Crippen LogP contribution in [0.5, 0.6) is 0 Å². The van der Waals surface area contributed by atoms with Crippen LogP contribution in [0.2, 0.25) is 6.04 Å². The van der Waals surface area contributed by atoms with Crippen LogP contribution < -0.4 is 0 Å². The van der Waals surface area contributed by atoms with Crippen LogP contribution in [0, 0.1) is 0 Å². The molecule has 0 aromatic rings. The van der Waals surface area contributed by atoms with Crippen molar-refractivity contribution < 1.29 is 22.0 Å². The minimum atomic E-state index is -3.30. The maximum Gasteiger partial charge on any atom is 0.378 e. The van der Waals surface area contributed by atoms with Gasteiger partial charge in [0.25, 0.3) is 6.43 Å². The highest BCUT2D eigenvalue weighted by atomic mass is 28.4. The zero-order valence-corrected chi connectivity index (χ0v) is 8.31. The van der Waals surface area contributed by atoms with Crippen molar-refractivity contribution in [1.29, 1.82) is 0 Å². The summed E-state index contributed by atoms with van der Waals surface area (Å²) >= 11 is 0. The highest BCUT2D eigenvalue weighted by molar-refractivity contribution is 6.68. The van der Waals surface area contributed by atoms with E-state index in [1.807, 2.05) is 0 Å². The van der Waals surface area contributed by atoms with E-state index in [9.17, 15) is 13.2 Å². The molecule has 0 aliphatic heterocycles. The number of hydrogen-bond acceptors (Lipinski definition) is 2. The number of alkyl halides is 3. The van der Waals surface area contributed by atoms with E-state index < -0.39 is 20.8 Å². The van der Waals surface area contributed by atoms with Crippen LogP contribution in [0.1, 0.15) is 6.92 Å². The molecule has 0 N–H and O–H groups in total. The predicted octanol–water partition coefficient (Wildman–Crippen LogP) is 1.88. The maximum absolute atomic E-state index is 12.9. The van der Waals surface area contributed by atoms with Crippen LogP contribution in [-0.4, -0.2) is 35.0 Å². The smallest absolute Gasteiger partial charge is 0.378 e. The molecule has 0 amide bonds. The largest absolute Gasteiger partial charge is 0.396 e. The van der Waals surface area contributed by atoms with Crippen LogP contribution in [0.25, 0.3) is 0 Å². The summed E-state index contributed by atoms with van der Waals surface area (Å²) < 4.78 is 46.3. The molecular weight excluding hydrogens is 189 g/mol. The van der Waals surface area contributed by atoms with Gasteiger partial charge in [-0.3, -0.25) is 0 Å². The van der Waals surface area contributed by atoms with Crippen molar-refractivity contribution in [1.82, 2.24) is 0 Å². The van der Waals surface area contributed by atoms with Crippen molar-refractivity contribution in [3.8, 4) is 0 Å². The lowest BCUT2D eigenvalue weighted by atomic mass is 10.8. The first-order valence-electron chi connectivity index (χ1n) is 3.56. The molecule has 0 fully saturated rings. The molecule has 12 heavy (non-hydrogen) atoms. The van der Waals surface area contributed by atoms with Crippen LogP contribution in [-0.2, 0) is 8.85 Å². The Morgan fingerprint density at radius 3 is 1.67 bits per heavy atom. The Balaban J connectivity index is 4.46. The van der Waals surface area contributed by atoms with E-state index in [0.717, 1.165) is 0 Å². The second kappa shape index (κ2) is 4.83. The van der Waals surface area contributed by atoms with Crippen LogP contribution in [0.4, 0.5) is 13.2 Å². The topological polar surface area (TPSA) is 18.5 Å². The van der Waals surface area contributed by atoms with Gasteiger partial charge < -0.3 is 8.85 Å². The van der Waals surface area contributed by atoms with Crippen molar-refractivity contribution in [2.24, 2.45) is 0 Å². The molecule has 1 atom stereocenters. The van der Waals surface area contributed by atoms with Crippen molar-refractivity contribution in [3.63, 3.8) is 0 Å². The highest BCUT2D eigenvalue weighted by Gasteiger charge is 2.49. The summed E-state index contributed by atoms with van der Waals surface area (Å²) in [6, 6.07) is 0.172. The summed E-state index contributed by atoms with van der Waals surface area (Å²) in [7, 11) is -0.895. The van der Waals surface area contributed by atoms with Gasteiger partial charge in [-0.1, -0.05) is 6.92 Å². The fourth-order valence-electron chi connectivity index (χ4n) is 0.984.